The largest absolute Gasteiger partial charge is 0.480 e. The van der Waals surface area contributed by atoms with Gasteiger partial charge in [-0.1, -0.05) is 35.9 Å². The Bertz CT molecular complexity index is 1310. The highest BCUT2D eigenvalue weighted by Crippen LogP contribution is 2.45. The van der Waals surface area contributed by atoms with E-state index in [4.69, 9.17) is 21.3 Å². The van der Waals surface area contributed by atoms with E-state index in [1.807, 2.05) is 25.1 Å². The highest BCUT2D eigenvalue weighted by atomic mass is 35.5. The second-order valence-corrected chi connectivity index (χ2v) is 8.93. The number of carbonyl (C=O) groups excluding carboxylic acids is 1. The first-order valence-corrected chi connectivity index (χ1v) is 11.2. The normalized spacial score (nSPS) is 16.5. The van der Waals surface area contributed by atoms with Crippen LogP contribution >= 0.6 is 11.6 Å². The lowest BCUT2D eigenvalue weighted by atomic mass is 9.75. The van der Waals surface area contributed by atoms with Gasteiger partial charge in [-0.2, -0.15) is 5.26 Å². The van der Waals surface area contributed by atoms with Crippen molar-refractivity contribution in [2.24, 2.45) is 5.41 Å². The number of anilines is 1. The summed E-state index contributed by atoms with van der Waals surface area (Å²) < 4.78 is 5.21. The van der Waals surface area contributed by atoms with Crippen molar-refractivity contribution in [3.63, 3.8) is 0 Å². The van der Waals surface area contributed by atoms with Crippen LogP contribution in [0.3, 0.4) is 0 Å². The number of aromatic nitrogens is 3. The van der Waals surface area contributed by atoms with Gasteiger partial charge in [-0.25, -0.2) is 15.0 Å². The molecule has 1 fully saturated rings. The van der Waals surface area contributed by atoms with Crippen LogP contribution in [0.1, 0.15) is 40.2 Å². The van der Waals surface area contributed by atoms with Crippen LogP contribution in [0, 0.1) is 23.7 Å². The Hall–Kier alpha value is -3.50. The number of nitrogens with zero attached hydrogens (tertiary/aromatic N) is 5. The van der Waals surface area contributed by atoms with Crippen LogP contribution in [-0.2, 0) is 6.42 Å². The molecule has 33 heavy (non-hydrogen) atoms. The molecule has 0 bridgehead atoms. The number of Topliss-reactive ketones (excluding diaryl/α,β-unsaturated/α-hetero) is 1. The number of rotatable bonds is 3. The number of ketones is 1. The van der Waals surface area contributed by atoms with E-state index in [1.54, 1.807) is 12.3 Å². The molecule has 5 rings (SSSR count). The van der Waals surface area contributed by atoms with E-state index in [1.165, 1.54) is 7.11 Å². The molecular formula is C25H22ClN5O2. The molecule has 2 aliphatic rings. The van der Waals surface area contributed by atoms with Crippen molar-refractivity contribution in [2.45, 2.75) is 26.2 Å². The molecule has 7 nitrogen and oxygen atoms in total. The number of nitriles is 1. The molecule has 0 unspecified atom stereocenters. The minimum Gasteiger partial charge on any atom is -0.480 e. The van der Waals surface area contributed by atoms with E-state index in [-0.39, 0.29) is 22.8 Å². The van der Waals surface area contributed by atoms with Gasteiger partial charge in [0.25, 0.3) is 0 Å². The molecule has 1 spiro atoms. The number of pyridine rings is 1. The number of benzene rings is 1. The number of hydrogen-bond donors (Lipinski definition) is 0. The molecular weight excluding hydrogens is 438 g/mol. The zero-order chi connectivity index (χ0) is 23.2. The first-order valence-electron chi connectivity index (χ1n) is 10.8. The maximum atomic E-state index is 13.1. The minimum atomic E-state index is -0.339. The van der Waals surface area contributed by atoms with Gasteiger partial charge in [-0.3, -0.25) is 4.79 Å². The third-order valence-electron chi connectivity index (χ3n) is 6.78. The molecule has 0 atom stereocenters. The Morgan fingerprint density at radius 3 is 2.61 bits per heavy atom. The highest BCUT2D eigenvalue weighted by Gasteiger charge is 2.47. The van der Waals surface area contributed by atoms with Gasteiger partial charge in [0.05, 0.1) is 12.8 Å². The first kappa shape index (κ1) is 21.4. The summed E-state index contributed by atoms with van der Waals surface area (Å²) in [6.07, 6.45) is 3.84. The van der Waals surface area contributed by atoms with Crippen LogP contribution in [0.5, 0.6) is 5.88 Å². The first-order chi connectivity index (χ1) is 16.0. The zero-order valence-corrected chi connectivity index (χ0v) is 19.2. The number of hydrogen-bond acceptors (Lipinski definition) is 7. The van der Waals surface area contributed by atoms with Crippen LogP contribution in [-0.4, -0.2) is 40.9 Å². The molecule has 8 heteroatoms. The molecule has 2 aromatic heterocycles. The SMILES string of the molecule is COc1nccc(-c2c(C)nc(N3CCC4(CC3)Cc3ccccc3C4=O)nc2C#N)c1Cl. The maximum Gasteiger partial charge on any atom is 0.232 e. The van der Waals surface area contributed by atoms with Crippen molar-refractivity contribution in [2.75, 3.05) is 25.1 Å². The van der Waals surface area contributed by atoms with Gasteiger partial charge in [0.1, 0.15) is 11.1 Å². The molecule has 0 saturated carbocycles. The Labute approximate surface area is 197 Å². The van der Waals surface area contributed by atoms with Crippen molar-refractivity contribution < 1.29 is 9.53 Å². The molecule has 3 heterocycles. The van der Waals surface area contributed by atoms with Gasteiger partial charge >= 0.3 is 0 Å². The Morgan fingerprint density at radius 2 is 1.91 bits per heavy atom. The lowest BCUT2D eigenvalue weighted by Gasteiger charge is -2.38. The standard InChI is InChI=1S/C25H22ClN5O2/c1-15-20(18-7-10-28-23(33-2)21(18)26)19(14-27)30-24(29-15)31-11-8-25(9-12-31)13-16-5-3-4-6-17(16)22(25)32/h3-7,10H,8-9,11-13H2,1-2H3. The third kappa shape index (κ3) is 3.42. The Morgan fingerprint density at radius 1 is 1.15 bits per heavy atom. The second kappa shape index (κ2) is 8.13. The average Bonchev–Trinajstić information content (AvgIpc) is 3.10. The summed E-state index contributed by atoms with van der Waals surface area (Å²) in [6.45, 7) is 3.16. The van der Waals surface area contributed by atoms with Crippen molar-refractivity contribution in [3.8, 4) is 23.1 Å². The summed E-state index contributed by atoms with van der Waals surface area (Å²) in [5, 5.41) is 10.2. The Kier molecular flexibility index (Phi) is 5.26. The summed E-state index contributed by atoms with van der Waals surface area (Å²) in [6, 6.07) is 11.8. The molecule has 1 aliphatic heterocycles. The van der Waals surface area contributed by atoms with E-state index in [9.17, 15) is 10.1 Å². The van der Waals surface area contributed by atoms with E-state index >= 15 is 0 Å². The summed E-state index contributed by atoms with van der Waals surface area (Å²) in [5.74, 6) is 1.04. The number of aryl methyl sites for hydroxylation is 1. The Balaban J connectivity index is 1.43. The monoisotopic (exact) mass is 459 g/mol. The van der Waals surface area contributed by atoms with E-state index in [2.05, 4.69) is 27.0 Å². The van der Waals surface area contributed by atoms with Gasteiger partial charge in [-0.15, -0.1) is 0 Å². The van der Waals surface area contributed by atoms with Crippen LogP contribution in [0.4, 0.5) is 5.95 Å². The molecule has 1 saturated heterocycles. The summed E-state index contributed by atoms with van der Waals surface area (Å²) >= 11 is 6.46. The topological polar surface area (TPSA) is 92.0 Å². The predicted molar refractivity (Wildman–Crippen MR) is 125 cm³/mol. The van der Waals surface area contributed by atoms with Crippen molar-refractivity contribution >= 4 is 23.3 Å². The van der Waals surface area contributed by atoms with E-state index in [0.717, 1.165) is 30.4 Å². The molecule has 1 aliphatic carbocycles. The highest BCUT2D eigenvalue weighted by molar-refractivity contribution is 6.34. The van der Waals surface area contributed by atoms with Crippen LogP contribution in [0.15, 0.2) is 36.5 Å². The number of carbonyl (C=O) groups is 1. The minimum absolute atomic E-state index is 0.247. The van der Waals surface area contributed by atoms with Crippen LogP contribution in [0.2, 0.25) is 5.02 Å². The van der Waals surface area contributed by atoms with Crippen molar-refractivity contribution in [3.05, 3.63) is 64.1 Å². The average molecular weight is 460 g/mol. The number of ether oxygens (including phenoxy) is 1. The molecule has 1 aromatic carbocycles. The molecule has 0 N–H and O–H groups in total. The van der Waals surface area contributed by atoms with Gasteiger partial charge in [0.15, 0.2) is 11.5 Å². The molecule has 3 aromatic rings. The van der Waals surface area contributed by atoms with Gasteiger partial charge in [0, 0.05) is 41.4 Å². The van der Waals surface area contributed by atoms with Gasteiger partial charge in [0.2, 0.25) is 11.8 Å². The van der Waals surface area contributed by atoms with Crippen LogP contribution < -0.4 is 9.64 Å². The quantitative estimate of drug-likeness (QED) is 0.572. The smallest absolute Gasteiger partial charge is 0.232 e. The summed E-state index contributed by atoms with van der Waals surface area (Å²) in [5.41, 5.74) is 3.74. The van der Waals surface area contributed by atoms with Crippen molar-refractivity contribution in [1.29, 1.82) is 5.26 Å². The zero-order valence-electron chi connectivity index (χ0n) is 18.4. The number of halogens is 1. The third-order valence-corrected chi connectivity index (χ3v) is 7.15. The van der Waals surface area contributed by atoms with Gasteiger partial charge < -0.3 is 9.64 Å². The fraction of sp³-hybridized carbons (Fsp3) is 0.320. The predicted octanol–water partition coefficient (Wildman–Crippen LogP) is 4.41. The number of methoxy groups -OCH3 is 1. The van der Waals surface area contributed by atoms with E-state index in [0.29, 0.717) is 40.9 Å². The summed E-state index contributed by atoms with van der Waals surface area (Å²) in [4.78, 5) is 28.6. The molecule has 0 amide bonds. The fourth-order valence-corrected chi connectivity index (χ4v) is 5.31. The van der Waals surface area contributed by atoms with Crippen molar-refractivity contribution in [1.82, 2.24) is 15.0 Å². The fourth-order valence-electron chi connectivity index (χ4n) is 5.03. The number of fused-ring (bicyclic) bond motifs is 1. The van der Waals surface area contributed by atoms with E-state index < -0.39 is 0 Å². The second-order valence-electron chi connectivity index (χ2n) is 8.56. The van der Waals surface area contributed by atoms with Gasteiger partial charge in [-0.05, 0) is 37.8 Å². The molecule has 166 valence electrons. The number of piperidine rings is 1. The molecule has 0 radical (unpaired) electrons. The lowest BCUT2D eigenvalue weighted by molar-refractivity contribution is 0.0774. The summed E-state index contributed by atoms with van der Waals surface area (Å²) in [7, 11) is 1.49. The van der Waals surface area contributed by atoms with Crippen LogP contribution in [0.25, 0.3) is 11.1 Å². The maximum absolute atomic E-state index is 13.1. The lowest BCUT2D eigenvalue weighted by Crippen LogP contribution is -2.44.